The molecule has 0 unspecified atom stereocenters. The second kappa shape index (κ2) is 5.98. The summed E-state index contributed by atoms with van der Waals surface area (Å²) in [5.41, 5.74) is 13.9. The van der Waals surface area contributed by atoms with E-state index in [1.807, 2.05) is 6.07 Å². The van der Waals surface area contributed by atoms with Crippen molar-refractivity contribution in [3.8, 4) is 5.69 Å². The molecule has 0 spiro atoms. The Morgan fingerprint density at radius 1 is 1.45 bits per heavy atom. The number of rotatable bonds is 1. The molecule has 0 bridgehead atoms. The fourth-order valence-corrected chi connectivity index (χ4v) is 2.28. The Balaban J connectivity index is 0.000000545. The number of carbonyl (C=O) groups is 2. The van der Waals surface area contributed by atoms with Crippen molar-refractivity contribution < 1.29 is 14.7 Å². The van der Waals surface area contributed by atoms with Crippen molar-refractivity contribution in [3.05, 3.63) is 58.0 Å². The van der Waals surface area contributed by atoms with E-state index in [9.17, 15) is 9.59 Å². The molecule has 2 N–H and O–H groups in total. The number of nitrogens with zero attached hydrogens (tertiary/aromatic N) is 5. The highest BCUT2D eigenvalue weighted by molar-refractivity contribution is 5.98. The molecule has 9 heteroatoms. The molecule has 22 heavy (non-hydrogen) atoms. The number of fused-ring (bicyclic) bond motifs is 3. The number of hydrogen-bond acceptors (Lipinski definition) is 4. The highest BCUT2D eigenvalue weighted by Gasteiger charge is 2.27. The summed E-state index contributed by atoms with van der Waals surface area (Å²) >= 11 is 0. The van der Waals surface area contributed by atoms with E-state index in [-0.39, 0.29) is 18.1 Å². The molecule has 0 aliphatic carbocycles. The molecule has 2 aromatic rings. The Morgan fingerprint density at radius 3 is 2.73 bits per heavy atom. The minimum Gasteiger partial charge on any atom is -0.476 e. The minimum atomic E-state index is -1.09. The van der Waals surface area contributed by atoms with Gasteiger partial charge in [0.2, 0.25) is 0 Å². The number of carboxylic acids is 1. The van der Waals surface area contributed by atoms with E-state index in [0.29, 0.717) is 16.9 Å². The molecule has 1 aliphatic rings. The Hall–Kier alpha value is -3.32. The van der Waals surface area contributed by atoms with Gasteiger partial charge in [-0.1, -0.05) is 12.1 Å². The lowest BCUT2D eigenvalue weighted by atomic mass is 10.1. The van der Waals surface area contributed by atoms with Gasteiger partial charge in [-0.05, 0) is 22.6 Å². The van der Waals surface area contributed by atoms with E-state index >= 15 is 0 Å². The smallest absolute Gasteiger partial charge is 0.356 e. The second-order valence-corrected chi connectivity index (χ2v) is 4.49. The van der Waals surface area contributed by atoms with E-state index in [2.05, 4.69) is 4.98 Å². The maximum atomic E-state index is 12.2. The predicted octanol–water partition coefficient (Wildman–Crippen LogP) is 2.03. The molecule has 2 heterocycles. The summed E-state index contributed by atoms with van der Waals surface area (Å²) in [6.07, 6.45) is 1.45. The Kier molecular flexibility index (Phi) is 4.10. The Bertz CT molecular complexity index is 776. The first-order valence-corrected chi connectivity index (χ1v) is 6.16. The van der Waals surface area contributed by atoms with Gasteiger partial charge in [-0.15, -0.1) is 5.53 Å². The van der Waals surface area contributed by atoms with Gasteiger partial charge < -0.3 is 10.0 Å². The van der Waals surface area contributed by atoms with E-state index < -0.39 is 5.97 Å². The van der Waals surface area contributed by atoms with Crippen LogP contribution in [0, 0.1) is 5.53 Å². The van der Waals surface area contributed by atoms with Gasteiger partial charge in [0.25, 0.3) is 5.91 Å². The van der Waals surface area contributed by atoms with E-state index in [1.165, 1.54) is 11.2 Å². The molecule has 1 aromatic heterocycles. The summed E-state index contributed by atoms with van der Waals surface area (Å²) in [6, 6.07) is 7.10. The minimum absolute atomic E-state index is 0.0173. The van der Waals surface area contributed by atoms with Gasteiger partial charge in [-0.2, -0.15) is 0 Å². The van der Waals surface area contributed by atoms with Crippen LogP contribution >= 0.6 is 0 Å². The standard InChI is InChI=1S/C13H11N3O3.HN3/c1-15-6-10-11(13(18)19)14-7-16(10)9-5-3-2-4-8(9)12(15)17;1-3-2/h2-5,7H,6H2,1H3,(H,18,19);1H. The van der Waals surface area contributed by atoms with Crippen molar-refractivity contribution in [1.82, 2.24) is 14.5 Å². The number of carboxylic acid groups (broad SMARTS) is 1. The van der Waals surface area contributed by atoms with Gasteiger partial charge in [0.15, 0.2) is 5.69 Å². The number of carbonyl (C=O) groups excluding carboxylic acids is 1. The van der Waals surface area contributed by atoms with E-state index in [4.69, 9.17) is 16.2 Å². The van der Waals surface area contributed by atoms with Gasteiger partial charge in [0.05, 0.1) is 23.5 Å². The number of imidazole rings is 1. The first-order chi connectivity index (χ1) is 10.5. The maximum absolute atomic E-state index is 12.2. The molecule has 0 radical (unpaired) electrons. The highest BCUT2D eigenvalue weighted by atomic mass is 16.4. The number of aromatic nitrogens is 2. The molecule has 1 aliphatic heterocycles. The number of para-hydroxylation sites is 1. The number of hydrogen-bond donors (Lipinski definition) is 2. The topological polar surface area (TPSA) is 136 Å². The lowest BCUT2D eigenvalue weighted by Crippen LogP contribution is -2.25. The number of aromatic carboxylic acids is 1. The third-order valence-corrected chi connectivity index (χ3v) is 3.20. The molecule has 0 saturated carbocycles. The van der Waals surface area contributed by atoms with Crippen LogP contribution in [0.4, 0.5) is 0 Å². The quantitative estimate of drug-likeness (QED) is 0.473. The van der Waals surface area contributed by atoms with Crippen molar-refractivity contribution in [3.63, 3.8) is 0 Å². The summed E-state index contributed by atoms with van der Waals surface area (Å²) in [6.45, 7) is 0.217. The summed E-state index contributed by atoms with van der Waals surface area (Å²) in [5, 5.41) is 9.14. The molecule has 1 aromatic carbocycles. The lowest BCUT2D eigenvalue weighted by Gasteiger charge is -2.13. The molecular formula is C13H12N6O3. The van der Waals surface area contributed by atoms with Crippen molar-refractivity contribution in [2.75, 3.05) is 7.05 Å². The summed E-state index contributed by atoms with van der Waals surface area (Å²) in [7, 11) is 1.65. The number of amides is 1. The van der Waals surface area contributed by atoms with Crippen LogP contribution in [0.5, 0.6) is 0 Å². The van der Waals surface area contributed by atoms with Gasteiger partial charge >= 0.3 is 5.97 Å². The zero-order valence-corrected chi connectivity index (χ0v) is 11.6. The fraction of sp³-hybridized carbons (Fsp3) is 0.154. The predicted molar refractivity (Wildman–Crippen MR) is 75.8 cm³/mol. The molecule has 0 atom stereocenters. The Labute approximate surface area is 124 Å². The van der Waals surface area contributed by atoms with Gasteiger partial charge in [-0.25, -0.2) is 9.78 Å². The van der Waals surface area contributed by atoms with Crippen LogP contribution in [0.3, 0.4) is 0 Å². The third kappa shape index (κ3) is 2.48. The maximum Gasteiger partial charge on any atom is 0.356 e. The van der Waals surface area contributed by atoms with Crippen LogP contribution in [-0.4, -0.2) is 38.5 Å². The number of nitrogens with one attached hydrogen (secondary N) is 1. The largest absolute Gasteiger partial charge is 0.476 e. The van der Waals surface area contributed by atoms with Crippen LogP contribution in [-0.2, 0) is 6.54 Å². The number of benzene rings is 1. The first kappa shape index (κ1) is 15.1. The van der Waals surface area contributed by atoms with Crippen molar-refractivity contribution in [2.45, 2.75) is 6.54 Å². The summed E-state index contributed by atoms with van der Waals surface area (Å²) in [4.78, 5) is 30.6. The van der Waals surface area contributed by atoms with Crippen molar-refractivity contribution in [1.29, 1.82) is 5.53 Å². The van der Waals surface area contributed by atoms with Gasteiger partial charge in [0, 0.05) is 7.05 Å². The Morgan fingerprint density at radius 2 is 2.09 bits per heavy atom. The normalized spacial score (nSPS) is 12.2. The molecule has 9 nitrogen and oxygen atoms in total. The van der Waals surface area contributed by atoms with Crippen LogP contribution in [0.25, 0.3) is 16.1 Å². The van der Waals surface area contributed by atoms with Crippen molar-refractivity contribution in [2.24, 2.45) is 0 Å². The van der Waals surface area contributed by atoms with Crippen LogP contribution in [0.15, 0.2) is 30.6 Å². The molecule has 0 saturated heterocycles. The zero-order chi connectivity index (χ0) is 16.3. The second-order valence-electron chi connectivity index (χ2n) is 4.49. The van der Waals surface area contributed by atoms with E-state index in [1.54, 1.807) is 34.7 Å². The first-order valence-electron chi connectivity index (χ1n) is 6.16. The lowest BCUT2D eigenvalue weighted by molar-refractivity contribution is 0.0683. The molecular weight excluding hydrogens is 288 g/mol. The van der Waals surface area contributed by atoms with Crippen molar-refractivity contribution >= 4 is 11.9 Å². The molecule has 0 fully saturated rings. The van der Waals surface area contributed by atoms with Gasteiger partial charge in [0.1, 0.15) is 6.33 Å². The van der Waals surface area contributed by atoms with Gasteiger partial charge in [-0.3, -0.25) is 9.36 Å². The third-order valence-electron chi connectivity index (χ3n) is 3.20. The van der Waals surface area contributed by atoms with E-state index in [0.717, 1.165) is 0 Å². The average molecular weight is 300 g/mol. The average Bonchev–Trinajstić information content (AvgIpc) is 2.87. The SMILES string of the molecule is CN1Cc2c(C(=O)O)ncn2-c2ccccc2C1=O.[N-]=[N+]=N. The summed E-state index contributed by atoms with van der Waals surface area (Å²) in [5.74, 6) is -1.22. The molecule has 1 amide bonds. The summed E-state index contributed by atoms with van der Waals surface area (Å²) < 4.78 is 1.67. The molecule has 112 valence electrons. The van der Waals surface area contributed by atoms with Crippen LogP contribution in [0.1, 0.15) is 26.5 Å². The fourth-order valence-electron chi connectivity index (χ4n) is 2.28. The van der Waals surface area contributed by atoms with Crippen LogP contribution in [0.2, 0.25) is 0 Å². The zero-order valence-electron chi connectivity index (χ0n) is 11.6. The monoisotopic (exact) mass is 300 g/mol. The highest BCUT2D eigenvalue weighted by Crippen LogP contribution is 2.25. The van der Waals surface area contributed by atoms with Crippen LogP contribution < -0.4 is 0 Å². The molecule has 3 rings (SSSR count).